The zero-order chi connectivity index (χ0) is 40.4. The Bertz CT molecular complexity index is 1410. The summed E-state index contributed by atoms with van der Waals surface area (Å²) in [6.07, 6.45) is 40.9. The summed E-state index contributed by atoms with van der Waals surface area (Å²) in [6.45, 7) is 16.3. The van der Waals surface area contributed by atoms with Gasteiger partial charge in [0.2, 0.25) is 11.4 Å². The van der Waals surface area contributed by atoms with Gasteiger partial charge in [0.05, 0.1) is 0 Å². The van der Waals surface area contributed by atoms with Gasteiger partial charge in [0.1, 0.15) is 0 Å². The quantitative estimate of drug-likeness (QED) is 0.0511. The van der Waals surface area contributed by atoms with Crippen molar-refractivity contribution in [2.45, 2.75) is 248 Å². The van der Waals surface area contributed by atoms with Crippen molar-refractivity contribution in [1.82, 2.24) is 0 Å². The van der Waals surface area contributed by atoms with E-state index in [4.69, 9.17) is 0 Å². The molecule has 0 spiro atoms. The SMILES string of the molecule is CCCCCCCCC1=C(c2cc(CCCCC)c(CCCCC)c(CCCCC)c2)[N+](=[N-])C(c2cc(CCCCC)c(CCCCC)c(CCCCC)c2)=C1. The monoisotopic (exact) mass is 765 g/mol. The Kier molecular flexibility index (Phi) is 24.7. The highest BCUT2D eigenvalue weighted by molar-refractivity contribution is 5.79. The largest absolute Gasteiger partial charge is 0.493 e. The highest BCUT2D eigenvalue weighted by atomic mass is 15.2. The fraction of sp³-hybridized carbons (Fsp3) is 0.704. The van der Waals surface area contributed by atoms with Gasteiger partial charge in [-0.2, -0.15) is 0 Å². The van der Waals surface area contributed by atoms with Crippen LogP contribution < -0.4 is 0 Å². The maximum Gasteiger partial charge on any atom is 0.210 e. The Morgan fingerprint density at radius 2 is 0.661 bits per heavy atom. The van der Waals surface area contributed by atoms with Gasteiger partial charge in [-0.3, -0.25) is 0 Å². The summed E-state index contributed by atoms with van der Waals surface area (Å²) in [4.78, 5) is 0. The minimum absolute atomic E-state index is 1.00. The lowest BCUT2D eigenvalue weighted by Gasteiger charge is -2.20. The molecule has 0 atom stereocenters. The number of unbranched alkanes of at least 4 members (excludes halogenated alkanes) is 17. The van der Waals surface area contributed by atoms with Crippen LogP contribution in [0.5, 0.6) is 0 Å². The fourth-order valence-corrected chi connectivity index (χ4v) is 9.13. The van der Waals surface area contributed by atoms with Gasteiger partial charge in [-0.1, -0.05) is 158 Å². The molecule has 0 bridgehead atoms. The third kappa shape index (κ3) is 15.7. The number of nitrogens with zero attached hydrogens (tertiary/aromatic N) is 2. The highest BCUT2D eigenvalue weighted by Gasteiger charge is 2.31. The number of hydrogen-bond donors (Lipinski definition) is 0. The van der Waals surface area contributed by atoms with Crippen LogP contribution in [0.4, 0.5) is 0 Å². The van der Waals surface area contributed by atoms with Crippen molar-refractivity contribution in [2.24, 2.45) is 0 Å². The lowest BCUT2D eigenvalue weighted by molar-refractivity contribution is -0.344. The predicted molar refractivity (Wildman–Crippen MR) is 249 cm³/mol. The lowest BCUT2D eigenvalue weighted by atomic mass is 9.87. The topological polar surface area (TPSA) is 25.3 Å². The number of hydrogen-bond acceptors (Lipinski definition) is 0. The summed E-state index contributed by atoms with van der Waals surface area (Å²) in [5, 5.41) is 0. The first kappa shape index (κ1) is 47.9. The number of rotatable bonds is 33. The molecule has 1 aliphatic rings. The van der Waals surface area contributed by atoms with E-state index in [1.807, 2.05) is 0 Å². The van der Waals surface area contributed by atoms with Crippen LogP contribution in [0.1, 0.15) is 253 Å². The van der Waals surface area contributed by atoms with Crippen molar-refractivity contribution in [3.05, 3.63) is 86.0 Å². The molecular weight excluding hydrogens is 677 g/mol. The molecule has 0 amide bonds. The van der Waals surface area contributed by atoms with Crippen molar-refractivity contribution >= 4 is 11.4 Å². The van der Waals surface area contributed by atoms with Gasteiger partial charge in [-0.15, -0.1) is 0 Å². The van der Waals surface area contributed by atoms with E-state index in [-0.39, 0.29) is 0 Å². The lowest BCUT2D eigenvalue weighted by Crippen LogP contribution is -2.09. The summed E-state index contributed by atoms with van der Waals surface area (Å²) in [5.74, 6) is 0. The van der Waals surface area contributed by atoms with E-state index in [9.17, 15) is 5.53 Å². The van der Waals surface area contributed by atoms with Crippen molar-refractivity contribution in [2.75, 3.05) is 0 Å². The average Bonchev–Trinajstić information content (AvgIpc) is 3.53. The molecule has 0 unspecified atom stereocenters. The fourth-order valence-electron chi connectivity index (χ4n) is 9.13. The summed E-state index contributed by atoms with van der Waals surface area (Å²) in [6, 6.07) is 10.1. The molecule has 56 heavy (non-hydrogen) atoms. The van der Waals surface area contributed by atoms with E-state index in [0.29, 0.717) is 0 Å². The van der Waals surface area contributed by atoms with Gasteiger partial charge in [-0.25, -0.2) is 4.70 Å². The molecule has 1 heterocycles. The normalized spacial score (nSPS) is 13.1. The molecule has 0 aliphatic carbocycles. The number of benzene rings is 2. The van der Waals surface area contributed by atoms with Gasteiger partial charge in [0.15, 0.2) is 0 Å². The standard InChI is InChI=1S/C54H88N2/c1-8-15-22-23-24-31-36-48-43-53(49-39-44(32-25-16-9-2)51(37-29-20-13-6)45(40-49)33-26-17-10-3)56(55)54(48)50-41-46(34-27-18-11-4)52(38-30-21-14-7)47(42-50)35-28-19-12-5/h39-43H,8-38H2,1-7H3. The molecule has 0 saturated heterocycles. The Labute approximate surface area is 348 Å². The third-order valence-corrected chi connectivity index (χ3v) is 12.6. The van der Waals surface area contributed by atoms with Gasteiger partial charge >= 0.3 is 0 Å². The average molecular weight is 765 g/mol. The molecule has 0 saturated carbocycles. The minimum Gasteiger partial charge on any atom is -0.493 e. The summed E-state index contributed by atoms with van der Waals surface area (Å²) in [7, 11) is 0. The highest BCUT2D eigenvalue weighted by Crippen LogP contribution is 2.41. The number of aryl methyl sites for hydroxylation is 4. The van der Waals surface area contributed by atoms with Crippen molar-refractivity contribution in [1.29, 1.82) is 0 Å². The van der Waals surface area contributed by atoms with E-state index >= 15 is 0 Å². The third-order valence-electron chi connectivity index (χ3n) is 12.6. The molecule has 2 aromatic rings. The van der Waals surface area contributed by atoms with E-state index in [1.54, 1.807) is 38.1 Å². The van der Waals surface area contributed by atoms with Gasteiger partial charge < -0.3 is 5.53 Å². The van der Waals surface area contributed by atoms with Crippen LogP contribution in [-0.2, 0) is 38.5 Å². The maximum absolute atomic E-state index is 12.6. The Morgan fingerprint density at radius 3 is 1.05 bits per heavy atom. The zero-order valence-electron chi connectivity index (χ0n) is 38.2. The smallest absolute Gasteiger partial charge is 0.210 e. The van der Waals surface area contributed by atoms with Crippen LogP contribution in [0.25, 0.3) is 16.9 Å². The summed E-state index contributed by atoms with van der Waals surface area (Å²) in [5.41, 5.74) is 28.0. The zero-order valence-corrected chi connectivity index (χ0v) is 38.2. The van der Waals surface area contributed by atoms with Crippen LogP contribution >= 0.6 is 0 Å². The van der Waals surface area contributed by atoms with E-state index in [1.165, 1.54) is 184 Å². The molecule has 0 radical (unpaired) electrons. The molecule has 2 aromatic carbocycles. The summed E-state index contributed by atoms with van der Waals surface area (Å²) >= 11 is 0. The molecular formula is C54H88N2. The predicted octanol–water partition coefficient (Wildman–Crippen LogP) is 17.6. The first-order chi connectivity index (χ1) is 27.5. The van der Waals surface area contributed by atoms with Crippen molar-refractivity contribution < 1.29 is 4.70 Å². The minimum atomic E-state index is 1.00. The van der Waals surface area contributed by atoms with Crippen LogP contribution in [0.2, 0.25) is 0 Å². The maximum atomic E-state index is 12.6. The molecule has 0 fully saturated rings. The van der Waals surface area contributed by atoms with E-state index in [2.05, 4.69) is 78.8 Å². The first-order valence-corrected chi connectivity index (χ1v) is 24.7. The van der Waals surface area contributed by atoms with Crippen LogP contribution in [-0.4, -0.2) is 4.70 Å². The van der Waals surface area contributed by atoms with Crippen molar-refractivity contribution in [3.8, 4) is 0 Å². The number of allylic oxidation sites excluding steroid dienone is 2. The van der Waals surface area contributed by atoms with Crippen LogP contribution in [0.15, 0.2) is 35.9 Å². The Hall–Kier alpha value is -2.48. The van der Waals surface area contributed by atoms with E-state index < -0.39 is 0 Å². The molecule has 0 N–H and O–H groups in total. The van der Waals surface area contributed by atoms with Crippen LogP contribution in [0.3, 0.4) is 0 Å². The first-order valence-electron chi connectivity index (χ1n) is 24.7. The molecule has 2 nitrogen and oxygen atoms in total. The Morgan fingerprint density at radius 1 is 0.357 bits per heavy atom. The van der Waals surface area contributed by atoms with Gasteiger partial charge in [0, 0.05) is 22.8 Å². The van der Waals surface area contributed by atoms with Crippen molar-refractivity contribution in [3.63, 3.8) is 0 Å². The van der Waals surface area contributed by atoms with E-state index in [0.717, 1.165) is 43.5 Å². The second-order valence-electron chi connectivity index (χ2n) is 17.5. The molecule has 314 valence electrons. The molecule has 2 heteroatoms. The van der Waals surface area contributed by atoms with Gasteiger partial charge in [-0.05, 0) is 148 Å². The Balaban J connectivity index is 2.19. The second kappa shape index (κ2) is 28.8. The molecule has 0 aromatic heterocycles. The molecule has 3 rings (SSSR count). The molecule has 1 aliphatic heterocycles. The van der Waals surface area contributed by atoms with Crippen LogP contribution in [0, 0.1) is 0 Å². The summed E-state index contributed by atoms with van der Waals surface area (Å²) < 4.78 is 1.65. The van der Waals surface area contributed by atoms with Gasteiger partial charge in [0.25, 0.3) is 0 Å². The second-order valence-corrected chi connectivity index (χ2v) is 17.5.